The Kier molecular flexibility index (Phi) is 11.3. The molecule has 0 unspecified atom stereocenters. The summed E-state index contributed by atoms with van der Waals surface area (Å²) in [7, 11) is 1.85. The summed E-state index contributed by atoms with van der Waals surface area (Å²) in [5.74, 6) is 0.125. The van der Waals surface area contributed by atoms with Gasteiger partial charge in [0.05, 0.1) is 5.75 Å². The first-order valence-electron chi connectivity index (χ1n) is 6.04. The molecule has 0 radical (unpaired) electrons. The summed E-state index contributed by atoms with van der Waals surface area (Å²) < 4.78 is 21.3. The van der Waals surface area contributed by atoms with Gasteiger partial charge in [-0.05, 0) is 12.8 Å². The van der Waals surface area contributed by atoms with Crippen LogP contribution >= 0.6 is 26.6 Å². The van der Waals surface area contributed by atoms with Gasteiger partial charge in [0.1, 0.15) is 0 Å². The van der Waals surface area contributed by atoms with Gasteiger partial charge in [-0.25, -0.2) is 8.42 Å². The lowest BCUT2D eigenvalue weighted by molar-refractivity contribution is 0.569. The van der Waals surface area contributed by atoms with Crippen molar-refractivity contribution in [2.45, 2.75) is 57.8 Å². The van der Waals surface area contributed by atoms with Gasteiger partial charge in [0.2, 0.25) is 9.05 Å². The predicted octanol–water partition coefficient (Wildman–Crippen LogP) is 4.46. The summed E-state index contributed by atoms with van der Waals surface area (Å²) in [5.41, 5.74) is 0. The highest BCUT2D eigenvalue weighted by Gasteiger charge is 2.03. The lowest BCUT2D eigenvalue weighted by Gasteiger charge is -2.01. The first kappa shape index (κ1) is 16.7. The van der Waals surface area contributed by atoms with Gasteiger partial charge in [-0.15, -0.1) is 0 Å². The van der Waals surface area contributed by atoms with E-state index in [1.807, 2.05) is 0 Å². The van der Waals surface area contributed by atoms with Crippen molar-refractivity contribution in [1.29, 1.82) is 0 Å². The fourth-order valence-electron chi connectivity index (χ4n) is 1.61. The molecular formula is C11H22BrClO2S. The van der Waals surface area contributed by atoms with E-state index in [9.17, 15) is 8.42 Å². The number of rotatable bonds is 11. The minimum absolute atomic E-state index is 0.125. The van der Waals surface area contributed by atoms with Crippen molar-refractivity contribution < 1.29 is 8.42 Å². The molecule has 5 heteroatoms. The molecule has 0 aromatic rings. The number of unbranched alkanes of at least 4 members (excludes halogenated alkanes) is 8. The predicted molar refractivity (Wildman–Crippen MR) is 75.0 cm³/mol. The molecule has 0 spiro atoms. The Morgan fingerprint density at radius 2 is 1.12 bits per heavy atom. The zero-order valence-corrected chi connectivity index (χ0v) is 12.9. The van der Waals surface area contributed by atoms with Crippen molar-refractivity contribution in [1.82, 2.24) is 0 Å². The van der Waals surface area contributed by atoms with E-state index in [-0.39, 0.29) is 5.75 Å². The molecule has 0 aliphatic rings. The smallest absolute Gasteiger partial charge is 0.212 e. The van der Waals surface area contributed by atoms with E-state index >= 15 is 0 Å². The van der Waals surface area contributed by atoms with Gasteiger partial charge in [-0.2, -0.15) is 0 Å². The van der Waals surface area contributed by atoms with Gasteiger partial charge >= 0.3 is 0 Å². The molecule has 0 N–H and O–H groups in total. The summed E-state index contributed by atoms with van der Waals surface area (Å²) >= 11 is 3.42. The first-order chi connectivity index (χ1) is 7.56. The second kappa shape index (κ2) is 10.8. The average molecular weight is 334 g/mol. The molecule has 0 bridgehead atoms. The fourth-order valence-corrected chi connectivity index (χ4v) is 2.88. The molecule has 2 nitrogen and oxygen atoms in total. The van der Waals surface area contributed by atoms with E-state index < -0.39 is 9.05 Å². The monoisotopic (exact) mass is 332 g/mol. The SMILES string of the molecule is O=S(=O)(Cl)CCCCCCCCCCCBr. The third-order valence-corrected chi connectivity index (χ3v) is 4.32. The molecule has 98 valence electrons. The van der Waals surface area contributed by atoms with Crippen molar-refractivity contribution in [2.75, 3.05) is 11.1 Å². The molecule has 0 aromatic carbocycles. The molecule has 0 heterocycles. The highest BCUT2D eigenvalue weighted by Crippen LogP contribution is 2.11. The first-order valence-corrected chi connectivity index (χ1v) is 9.64. The van der Waals surface area contributed by atoms with Crippen LogP contribution in [0, 0.1) is 0 Å². The minimum atomic E-state index is -3.26. The number of hydrogen-bond acceptors (Lipinski definition) is 2. The third kappa shape index (κ3) is 14.7. The molecular weight excluding hydrogens is 312 g/mol. The van der Waals surface area contributed by atoms with Gasteiger partial charge < -0.3 is 0 Å². The fraction of sp³-hybridized carbons (Fsp3) is 1.00. The van der Waals surface area contributed by atoms with Crippen molar-refractivity contribution in [3.63, 3.8) is 0 Å². The third-order valence-electron chi connectivity index (χ3n) is 2.52. The standard InChI is InChI=1S/C11H22BrClO2S/c12-10-8-6-4-2-1-3-5-7-9-11-16(13,14)15/h1-11H2. The highest BCUT2D eigenvalue weighted by atomic mass is 79.9. The van der Waals surface area contributed by atoms with Gasteiger partial charge in [-0.3, -0.25) is 0 Å². The molecule has 16 heavy (non-hydrogen) atoms. The van der Waals surface area contributed by atoms with E-state index in [4.69, 9.17) is 10.7 Å². The van der Waals surface area contributed by atoms with Gasteiger partial charge in [-0.1, -0.05) is 60.9 Å². The molecule has 0 amide bonds. The largest absolute Gasteiger partial charge is 0.232 e. The number of alkyl halides is 1. The maximum Gasteiger partial charge on any atom is 0.232 e. The van der Waals surface area contributed by atoms with E-state index in [0.29, 0.717) is 6.42 Å². The summed E-state index contributed by atoms with van der Waals surface area (Å²) in [5, 5.41) is 1.11. The van der Waals surface area contributed by atoms with E-state index in [2.05, 4.69) is 15.9 Å². The van der Waals surface area contributed by atoms with E-state index in [1.54, 1.807) is 0 Å². The van der Waals surface area contributed by atoms with Crippen LogP contribution in [0.4, 0.5) is 0 Å². The maximum absolute atomic E-state index is 10.6. The van der Waals surface area contributed by atoms with Crippen LogP contribution in [0.3, 0.4) is 0 Å². The van der Waals surface area contributed by atoms with Crippen molar-refractivity contribution in [3.05, 3.63) is 0 Å². The topological polar surface area (TPSA) is 34.1 Å². The maximum atomic E-state index is 10.6. The molecule has 0 aliphatic heterocycles. The Bertz CT molecular complexity index is 242. The second-order valence-corrected chi connectivity index (χ2v) is 7.80. The molecule has 0 aromatic heterocycles. The lowest BCUT2D eigenvalue weighted by atomic mass is 10.1. The van der Waals surface area contributed by atoms with Crippen LogP contribution in [0.5, 0.6) is 0 Å². The Hall–Kier alpha value is 0.720. The zero-order chi connectivity index (χ0) is 12.3. The van der Waals surface area contributed by atoms with Crippen LogP contribution < -0.4 is 0 Å². The van der Waals surface area contributed by atoms with Gasteiger partial charge in [0, 0.05) is 16.0 Å². The molecule has 0 saturated carbocycles. The summed E-state index contributed by atoms with van der Waals surface area (Å²) in [6.45, 7) is 0. The minimum Gasteiger partial charge on any atom is -0.212 e. The van der Waals surface area contributed by atoms with Crippen LogP contribution in [0.2, 0.25) is 0 Å². The van der Waals surface area contributed by atoms with Crippen molar-refractivity contribution in [2.24, 2.45) is 0 Å². The second-order valence-electron chi connectivity index (χ2n) is 4.11. The molecule has 0 atom stereocenters. The Balaban J connectivity index is 3.05. The molecule has 0 saturated heterocycles. The van der Waals surface area contributed by atoms with Gasteiger partial charge in [0.25, 0.3) is 0 Å². The average Bonchev–Trinajstić information content (AvgIpc) is 2.19. The van der Waals surface area contributed by atoms with Crippen molar-refractivity contribution >= 4 is 35.7 Å². The molecule has 0 aliphatic carbocycles. The van der Waals surface area contributed by atoms with Gasteiger partial charge in [0.15, 0.2) is 0 Å². The summed E-state index contributed by atoms with van der Waals surface area (Å²) in [4.78, 5) is 0. The zero-order valence-electron chi connectivity index (χ0n) is 9.76. The van der Waals surface area contributed by atoms with E-state index in [1.165, 1.54) is 38.5 Å². The quantitative estimate of drug-likeness (QED) is 0.318. The van der Waals surface area contributed by atoms with Crippen LogP contribution in [-0.2, 0) is 9.05 Å². The Morgan fingerprint density at radius 3 is 1.50 bits per heavy atom. The van der Waals surface area contributed by atoms with Crippen LogP contribution in [-0.4, -0.2) is 19.5 Å². The van der Waals surface area contributed by atoms with Crippen LogP contribution in [0.25, 0.3) is 0 Å². The Morgan fingerprint density at radius 1 is 0.750 bits per heavy atom. The number of hydrogen-bond donors (Lipinski definition) is 0. The van der Waals surface area contributed by atoms with E-state index in [0.717, 1.165) is 18.2 Å². The molecule has 0 rings (SSSR count). The normalized spacial score (nSPS) is 11.9. The lowest BCUT2D eigenvalue weighted by Crippen LogP contribution is -1.96. The Labute approximate surface area is 113 Å². The van der Waals surface area contributed by atoms with Crippen LogP contribution in [0.1, 0.15) is 57.8 Å². The highest BCUT2D eigenvalue weighted by molar-refractivity contribution is 9.09. The summed E-state index contributed by atoms with van der Waals surface area (Å²) in [6.07, 6.45) is 10.5. The molecule has 0 fully saturated rings. The van der Waals surface area contributed by atoms with Crippen LogP contribution in [0.15, 0.2) is 0 Å². The van der Waals surface area contributed by atoms with Crippen molar-refractivity contribution in [3.8, 4) is 0 Å². The number of halogens is 2. The summed E-state index contributed by atoms with van der Waals surface area (Å²) in [6, 6.07) is 0.